The predicted octanol–water partition coefficient (Wildman–Crippen LogP) is 2.63. The molecule has 4 rings (SSSR count). The molecule has 7 nitrogen and oxygen atoms in total. The molecule has 1 aromatic heterocycles. The molecule has 0 aliphatic carbocycles. The van der Waals surface area contributed by atoms with Crippen molar-refractivity contribution in [3.63, 3.8) is 0 Å². The monoisotopic (exact) mass is 366 g/mol. The van der Waals surface area contributed by atoms with E-state index in [1.165, 1.54) is 16.0 Å². The third-order valence-electron chi connectivity index (χ3n) is 5.31. The fourth-order valence-electron chi connectivity index (χ4n) is 3.71. The molecule has 1 amide bonds. The Hall–Kier alpha value is -3.06. The van der Waals surface area contributed by atoms with Crippen molar-refractivity contribution in [3.05, 3.63) is 58.0 Å². The number of aromatic amines is 2. The van der Waals surface area contributed by atoms with Crippen molar-refractivity contribution in [2.24, 2.45) is 0 Å². The Bertz CT molecular complexity index is 1040. The number of benzene rings is 2. The minimum Gasteiger partial charge on any atom is -0.465 e. The second-order valence-electron chi connectivity index (χ2n) is 6.97. The summed E-state index contributed by atoms with van der Waals surface area (Å²) in [5.41, 5.74) is 6.04. The predicted molar refractivity (Wildman–Crippen MR) is 104 cm³/mol. The number of carboxylic acid groups (broad SMARTS) is 1. The highest BCUT2D eigenvalue weighted by Gasteiger charge is 2.21. The summed E-state index contributed by atoms with van der Waals surface area (Å²) in [6.07, 6.45) is -0.842. The standard InChI is InChI=1S/C20H22N4O3/c1-13-15(12-23-7-9-24(10-8-23)20(26)27)3-2-4-16(13)14-5-6-17-18(11-14)22-19(25)21-17/h2-6,11H,7-10,12H2,1H3,(H,26,27)(H2,21,22,25). The number of hydrogen-bond donors (Lipinski definition) is 3. The smallest absolute Gasteiger partial charge is 0.407 e. The van der Waals surface area contributed by atoms with Crippen LogP contribution in [-0.2, 0) is 6.54 Å². The van der Waals surface area contributed by atoms with Crippen LogP contribution in [0, 0.1) is 6.92 Å². The Morgan fingerprint density at radius 2 is 1.81 bits per heavy atom. The van der Waals surface area contributed by atoms with Crippen molar-refractivity contribution in [2.45, 2.75) is 13.5 Å². The van der Waals surface area contributed by atoms with Gasteiger partial charge in [0.25, 0.3) is 0 Å². The first-order valence-corrected chi connectivity index (χ1v) is 9.02. The molecule has 3 N–H and O–H groups in total. The van der Waals surface area contributed by atoms with Crippen LogP contribution >= 0.6 is 0 Å². The van der Waals surface area contributed by atoms with E-state index in [0.717, 1.165) is 41.8 Å². The fourth-order valence-corrected chi connectivity index (χ4v) is 3.71. The lowest BCUT2D eigenvalue weighted by Gasteiger charge is -2.33. The summed E-state index contributed by atoms with van der Waals surface area (Å²) in [6.45, 7) is 5.49. The molecule has 3 aromatic rings. The number of aromatic nitrogens is 2. The Labute approximate surface area is 156 Å². The number of hydrogen-bond acceptors (Lipinski definition) is 3. The number of carbonyl (C=O) groups is 1. The van der Waals surface area contributed by atoms with Crippen LogP contribution in [0.4, 0.5) is 4.79 Å². The van der Waals surface area contributed by atoms with Crippen molar-refractivity contribution in [3.8, 4) is 11.1 Å². The van der Waals surface area contributed by atoms with E-state index in [1.807, 2.05) is 18.2 Å². The maximum absolute atomic E-state index is 11.5. The van der Waals surface area contributed by atoms with Gasteiger partial charge in [-0.3, -0.25) is 4.90 Å². The normalized spacial score (nSPS) is 15.4. The lowest BCUT2D eigenvalue weighted by Crippen LogP contribution is -2.47. The molecule has 0 bridgehead atoms. The summed E-state index contributed by atoms with van der Waals surface area (Å²) in [4.78, 5) is 31.9. The van der Waals surface area contributed by atoms with E-state index in [-0.39, 0.29) is 5.69 Å². The molecule has 7 heteroatoms. The van der Waals surface area contributed by atoms with Gasteiger partial charge in [0.2, 0.25) is 0 Å². The summed E-state index contributed by atoms with van der Waals surface area (Å²) >= 11 is 0. The molecule has 2 heterocycles. The quantitative estimate of drug-likeness (QED) is 0.664. The Morgan fingerprint density at radius 1 is 1.07 bits per heavy atom. The number of imidazole rings is 1. The van der Waals surface area contributed by atoms with Gasteiger partial charge in [0.05, 0.1) is 11.0 Å². The van der Waals surface area contributed by atoms with Gasteiger partial charge < -0.3 is 20.0 Å². The lowest BCUT2D eigenvalue weighted by molar-refractivity contribution is 0.103. The van der Waals surface area contributed by atoms with Gasteiger partial charge in [-0.2, -0.15) is 0 Å². The number of nitrogens with zero attached hydrogens (tertiary/aromatic N) is 2. The second-order valence-corrected chi connectivity index (χ2v) is 6.97. The Balaban J connectivity index is 1.57. The van der Waals surface area contributed by atoms with Crippen molar-refractivity contribution >= 4 is 17.1 Å². The number of rotatable bonds is 3. The van der Waals surface area contributed by atoms with Crippen molar-refractivity contribution in [1.82, 2.24) is 19.8 Å². The largest absolute Gasteiger partial charge is 0.465 e. The number of amides is 1. The van der Waals surface area contributed by atoms with E-state index in [0.29, 0.717) is 13.1 Å². The van der Waals surface area contributed by atoms with Gasteiger partial charge in [0.1, 0.15) is 0 Å². The highest BCUT2D eigenvalue weighted by Crippen LogP contribution is 2.28. The maximum Gasteiger partial charge on any atom is 0.407 e. The van der Waals surface area contributed by atoms with Gasteiger partial charge in [-0.05, 0) is 41.3 Å². The number of H-pyrrole nitrogens is 2. The van der Waals surface area contributed by atoms with Crippen LogP contribution in [0.25, 0.3) is 22.2 Å². The molecule has 0 spiro atoms. The first-order valence-electron chi connectivity index (χ1n) is 9.02. The molecular weight excluding hydrogens is 344 g/mol. The van der Waals surface area contributed by atoms with Crippen molar-refractivity contribution < 1.29 is 9.90 Å². The second kappa shape index (κ2) is 6.92. The molecule has 0 unspecified atom stereocenters. The molecule has 0 atom stereocenters. The third kappa shape index (κ3) is 3.46. The third-order valence-corrected chi connectivity index (χ3v) is 5.31. The topological polar surface area (TPSA) is 92.4 Å². The number of piperazine rings is 1. The first-order chi connectivity index (χ1) is 13.0. The van der Waals surface area contributed by atoms with Crippen LogP contribution in [0.1, 0.15) is 11.1 Å². The summed E-state index contributed by atoms with van der Waals surface area (Å²) in [6, 6.07) is 12.2. The Morgan fingerprint density at radius 3 is 2.56 bits per heavy atom. The first kappa shape index (κ1) is 17.4. The van der Waals surface area contributed by atoms with Gasteiger partial charge in [0.15, 0.2) is 0 Å². The molecular formula is C20H22N4O3. The van der Waals surface area contributed by atoms with Crippen molar-refractivity contribution in [2.75, 3.05) is 26.2 Å². The van der Waals surface area contributed by atoms with Crippen LogP contribution in [0.5, 0.6) is 0 Å². The highest BCUT2D eigenvalue weighted by molar-refractivity contribution is 5.82. The molecule has 1 fully saturated rings. The van der Waals surface area contributed by atoms with Crippen LogP contribution in [-0.4, -0.2) is 57.1 Å². The molecule has 27 heavy (non-hydrogen) atoms. The van der Waals surface area contributed by atoms with Crippen LogP contribution in [0.3, 0.4) is 0 Å². The highest BCUT2D eigenvalue weighted by atomic mass is 16.4. The fraction of sp³-hybridized carbons (Fsp3) is 0.300. The molecule has 1 aliphatic heterocycles. The molecule has 2 aromatic carbocycles. The SMILES string of the molecule is Cc1c(CN2CCN(C(=O)O)CC2)cccc1-c1ccc2[nH]c(=O)[nH]c2c1. The summed E-state index contributed by atoms with van der Waals surface area (Å²) in [7, 11) is 0. The van der Waals surface area contributed by atoms with Gasteiger partial charge in [-0.1, -0.05) is 24.3 Å². The molecule has 1 saturated heterocycles. The molecule has 140 valence electrons. The minimum absolute atomic E-state index is 0.201. The minimum atomic E-state index is -0.842. The van der Waals surface area contributed by atoms with E-state index in [1.54, 1.807) is 0 Å². The summed E-state index contributed by atoms with van der Waals surface area (Å²) in [5, 5.41) is 9.08. The zero-order valence-corrected chi connectivity index (χ0v) is 15.2. The summed E-state index contributed by atoms with van der Waals surface area (Å²) in [5.74, 6) is 0. The molecule has 1 aliphatic rings. The van der Waals surface area contributed by atoms with Crippen molar-refractivity contribution in [1.29, 1.82) is 0 Å². The van der Waals surface area contributed by atoms with E-state index in [4.69, 9.17) is 5.11 Å². The number of fused-ring (bicyclic) bond motifs is 1. The number of nitrogens with one attached hydrogen (secondary N) is 2. The zero-order chi connectivity index (χ0) is 19.0. The van der Waals surface area contributed by atoms with Gasteiger partial charge in [-0.25, -0.2) is 9.59 Å². The van der Waals surface area contributed by atoms with Crippen LogP contribution < -0.4 is 5.69 Å². The average molecular weight is 366 g/mol. The summed E-state index contributed by atoms with van der Waals surface area (Å²) < 4.78 is 0. The molecule has 0 saturated carbocycles. The maximum atomic E-state index is 11.5. The van der Waals surface area contributed by atoms with Crippen LogP contribution in [0.15, 0.2) is 41.2 Å². The van der Waals surface area contributed by atoms with E-state index >= 15 is 0 Å². The van der Waals surface area contributed by atoms with Gasteiger partial charge in [-0.15, -0.1) is 0 Å². The van der Waals surface area contributed by atoms with Gasteiger partial charge in [0, 0.05) is 32.7 Å². The van der Waals surface area contributed by atoms with E-state index in [9.17, 15) is 9.59 Å². The van der Waals surface area contributed by atoms with Crippen LogP contribution in [0.2, 0.25) is 0 Å². The molecule has 0 radical (unpaired) electrons. The van der Waals surface area contributed by atoms with E-state index < -0.39 is 6.09 Å². The zero-order valence-electron chi connectivity index (χ0n) is 15.2. The lowest BCUT2D eigenvalue weighted by atomic mass is 9.96. The Kier molecular flexibility index (Phi) is 4.45. The van der Waals surface area contributed by atoms with E-state index in [2.05, 4.69) is 40.0 Å². The van der Waals surface area contributed by atoms with Gasteiger partial charge >= 0.3 is 11.8 Å². The average Bonchev–Trinajstić information content (AvgIpc) is 3.03.